The summed E-state index contributed by atoms with van der Waals surface area (Å²) in [5.74, 6) is 0. The van der Waals surface area contributed by atoms with Crippen LogP contribution in [0.4, 0.5) is 5.69 Å². The molecule has 5 heteroatoms. The molecule has 2 aromatic carbocycles. The summed E-state index contributed by atoms with van der Waals surface area (Å²) in [5, 5.41) is 5.58. The molecule has 0 spiro atoms. The molecule has 1 aliphatic rings. The average molecular weight is 342 g/mol. The zero-order chi connectivity index (χ0) is 15.9. The van der Waals surface area contributed by atoms with Gasteiger partial charge in [-0.2, -0.15) is 0 Å². The standard InChI is InChI=1S/C18H19N2OPS/c1-22(21,18-19-16-8-4-5-9-17(16)23-18)20-15-11-10-13-6-2-3-7-14(13)12-15/h2-3,6-7,10-12H,4-5,8-9H2,1H3,(H,20,21)/t22-/m1/s1. The van der Waals surface area contributed by atoms with Crippen LogP contribution >= 0.6 is 18.6 Å². The molecule has 1 aromatic heterocycles. The van der Waals surface area contributed by atoms with E-state index >= 15 is 0 Å². The predicted octanol–water partition coefficient (Wildman–Crippen LogP) is 4.82. The van der Waals surface area contributed by atoms with Crippen LogP contribution in [-0.4, -0.2) is 11.6 Å². The molecule has 3 aromatic rings. The van der Waals surface area contributed by atoms with E-state index in [1.54, 1.807) is 18.0 Å². The second-order valence-corrected chi connectivity index (χ2v) is 10.1. The van der Waals surface area contributed by atoms with Crippen LogP contribution in [0, 0.1) is 0 Å². The Morgan fingerprint density at radius 2 is 1.87 bits per heavy atom. The largest absolute Gasteiger partial charge is 0.331 e. The van der Waals surface area contributed by atoms with Crippen molar-refractivity contribution >= 4 is 39.8 Å². The number of hydrogen-bond donors (Lipinski definition) is 1. The van der Waals surface area contributed by atoms with Gasteiger partial charge in [-0.25, -0.2) is 4.98 Å². The molecule has 0 bridgehead atoms. The minimum absolute atomic E-state index is 0.762. The number of nitrogens with zero attached hydrogens (tertiary/aromatic N) is 1. The smallest absolute Gasteiger partial charge is 0.223 e. The lowest BCUT2D eigenvalue weighted by Crippen LogP contribution is -2.10. The fourth-order valence-electron chi connectivity index (χ4n) is 3.07. The van der Waals surface area contributed by atoms with Crippen molar-refractivity contribution in [2.24, 2.45) is 0 Å². The molecular weight excluding hydrogens is 323 g/mol. The summed E-state index contributed by atoms with van der Waals surface area (Å²) >= 11 is 1.63. The Morgan fingerprint density at radius 3 is 2.70 bits per heavy atom. The van der Waals surface area contributed by atoms with Crippen molar-refractivity contribution in [3.63, 3.8) is 0 Å². The molecule has 4 rings (SSSR count). The maximum atomic E-state index is 13.2. The highest BCUT2D eigenvalue weighted by Gasteiger charge is 2.26. The fraction of sp³-hybridized carbons (Fsp3) is 0.278. The minimum Gasteiger partial charge on any atom is -0.331 e. The summed E-state index contributed by atoms with van der Waals surface area (Å²) in [6, 6.07) is 14.3. The molecule has 1 atom stereocenters. The first-order valence-electron chi connectivity index (χ1n) is 7.95. The second kappa shape index (κ2) is 5.77. The topological polar surface area (TPSA) is 42.0 Å². The van der Waals surface area contributed by atoms with E-state index in [0.717, 1.165) is 28.7 Å². The van der Waals surface area contributed by atoms with Crippen molar-refractivity contribution in [1.82, 2.24) is 4.98 Å². The third-order valence-corrected chi connectivity index (χ3v) is 8.09. The van der Waals surface area contributed by atoms with Crippen molar-refractivity contribution < 1.29 is 4.57 Å². The monoisotopic (exact) mass is 342 g/mol. The number of hydrogen-bond acceptors (Lipinski definition) is 3. The second-order valence-electron chi connectivity index (χ2n) is 6.17. The number of fused-ring (bicyclic) bond motifs is 2. The van der Waals surface area contributed by atoms with Gasteiger partial charge in [-0.05, 0) is 48.6 Å². The fourth-order valence-corrected chi connectivity index (χ4v) is 6.17. The number of anilines is 1. The van der Waals surface area contributed by atoms with Gasteiger partial charge in [0.1, 0.15) is 0 Å². The van der Waals surface area contributed by atoms with Crippen LogP contribution < -0.4 is 9.84 Å². The normalized spacial score (nSPS) is 16.7. The van der Waals surface area contributed by atoms with Crippen molar-refractivity contribution in [1.29, 1.82) is 0 Å². The summed E-state index contributed by atoms with van der Waals surface area (Å²) in [6.45, 7) is 1.78. The van der Waals surface area contributed by atoms with Crippen LogP contribution in [0.3, 0.4) is 0 Å². The van der Waals surface area contributed by atoms with Crippen LogP contribution in [0.2, 0.25) is 0 Å². The number of nitrogens with one attached hydrogen (secondary N) is 1. The Balaban J connectivity index is 1.65. The predicted molar refractivity (Wildman–Crippen MR) is 99.5 cm³/mol. The van der Waals surface area contributed by atoms with Gasteiger partial charge in [0.15, 0.2) is 4.75 Å². The summed E-state index contributed by atoms with van der Waals surface area (Å²) in [5.41, 5.74) is 2.06. The first-order chi connectivity index (χ1) is 11.1. The number of benzene rings is 2. The quantitative estimate of drug-likeness (QED) is 0.694. The maximum Gasteiger partial charge on any atom is 0.223 e. The zero-order valence-electron chi connectivity index (χ0n) is 13.1. The Bertz CT molecular complexity index is 895. The first-order valence-corrected chi connectivity index (χ1v) is 10.9. The average Bonchev–Trinajstić information content (AvgIpc) is 2.99. The number of aryl methyl sites for hydroxylation is 2. The van der Waals surface area contributed by atoms with Gasteiger partial charge in [0.25, 0.3) is 0 Å². The maximum absolute atomic E-state index is 13.2. The number of rotatable bonds is 3. The highest BCUT2D eigenvalue weighted by atomic mass is 32.1. The van der Waals surface area contributed by atoms with E-state index in [2.05, 4.69) is 34.3 Å². The van der Waals surface area contributed by atoms with E-state index in [1.165, 1.54) is 28.8 Å². The first kappa shape index (κ1) is 14.9. The molecule has 118 valence electrons. The molecule has 1 heterocycles. The number of aromatic nitrogens is 1. The van der Waals surface area contributed by atoms with E-state index < -0.39 is 7.29 Å². The third kappa shape index (κ3) is 2.93. The molecule has 1 N–H and O–H groups in total. The molecule has 0 aliphatic heterocycles. The molecule has 0 saturated heterocycles. The van der Waals surface area contributed by atoms with Gasteiger partial charge in [0.05, 0.1) is 5.69 Å². The van der Waals surface area contributed by atoms with E-state index in [0.29, 0.717) is 0 Å². The van der Waals surface area contributed by atoms with Crippen LogP contribution in [0.25, 0.3) is 10.8 Å². The lowest BCUT2D eigenvalue weighted by molar-refractivity contribution is 0.587. The third-order valence-electron chi connectivity index (χ3n) is 4.29. The van der Waals surface area contributed by atoms with Crippen molar-refractivity contribution in [2.45, 2.75) is 25.7 Å². The van der Waals surface area contributed by atoms with E-state index in [1.807, 2.05) is 18.2 Å². The Labute approximate surface area is 140 Å². The molecule has 23 heavy (non-hydrogen) atoms. The molecular formula is C18H19N2OPS. The Morgan fingerprint density at radius 1 is 1.09 bits per heavy atom. The van der Waals surface area contributed by atoms with Gasteiger partial charge in [0, 0.05) is 17.2 Å². The van der Waals surface area contributed by atoms with Crippen LogP contribution in [0.1, 0.15) is 23.4 Å². The zero-order valence-corrected chi connectivity index (χ0v) is 14.8. The Kier molecular flexibility index (Phi) is 3.74. The van der Waals surface area contributed by atoms with E-state index in [-0.39, 0.29) is 0 Å². The number of thiazole rings is 1. The Hall–Kier alpha value is -1.64. The van der Waals surface area contributed by atoms with Crippen LogP contribution in [0.15, 0.2) is 42.5 Å². The van der Waals surface area contributed by atoms with Gasteiger partial charge < -0.3 is 5.09 Å². The van der Waals surface area contributed by atoms with Gasteiger partial charge in [0.2, 0.25) is 7.29 Å². The van der Waals surface area contributed by atoms with Gasteiger partial charge >= 0.3 is 0 Å². The summed E-state index contributed by atoms with van der Waals surface area (Å²) < 4.78 is 13.9. The van der Waals surface area contributed by atoms with Crippen LogP contribution in [0.5, 0.6) is 0 Å². The van der Waals surface area contributed by atoms with Crippen molar-refractivity contribution in [3.8, 4) is 0 Å². The minimum atomic E-state index is -2.69. The highest BCUT2D eigenvalue weighted by molar-refractivity contribution is 7.77. The molecule has 0 amide bonds. The van der Waals surface area contributed by atoms with E-state index in [9.17, 15) is 4.57 Å². The molecule has 0 saturated carbocycles. The molecule has 0 radical (unpaired) electrons. The molecule has 0 fully saturated rings. The summed E-state index contributed by atoms with van der Waals surface area (Å²) in [6.07, 6.45) is 4.54. The lowest BCUT2D eigenvalue weighted by Gasteiger charge is -2.14. The van der Waals surface area contributed by atoms with Crippen molar-refractivity contribution in [3.05, 3.63) is 53.0 Å². The van der Waals surface area contributed by atoms with Crippen LogP contribution in [-0.2, 0) is 17.4 Å². The highest BCUT2D eigenvalue weighted by Crippen LogP contribution is 2.43. The molecule has 0 unspecified atom stereocenters. The van der Waals surface area contributed by atoms with Gasteiger partial charge in [-0.15, -0.1) is 11.3 Å². The van der Waals surface area contributed by atoms with Gasteiger partial charge in [-0.1, -0.05) is 30.3 Å². The SMILES string of the molecule is C[P@](=O)(Nc1ccc2ccccc2c1)c1nc2c(s1)CCCC2. The van der Waals surface area contributed by atoms with Gasteiger partial charge in [-0.3, -0.25) is 4.57 Å². The molecule has 3 nitrogen and oxygen atoms in total. The van der Waals surface area contributed by atoms with E-state index in [4.69, 9.17) is 0 Å². The summed E-state index contributed by atoms with van der Waals surface area (Å²) in [7, 11) is -2.69. The summed E-state index contributed by atoms with van der Waals surface area (Å²) in [4.78, 5) is 6.00. The lowest BCUT2D eigenvalue weighted by atomic mass is 10.0. The van der Waals surface area contributed by atoms with Crippen molar-refractivity contribution in [2.75, 3.05) is 11.8 Å². The molecule has 1 aliphatic carbocycles.